The Morgan fingerprint density at radius 3 is 2.62 bits per heavy atom. The van der Waals surface area contributed by atoms with Crippen LogP contribution >= 0.6 is 27.7 Å². The first-order valence-corrected chi connectivity index (χ1v) is 9.69. The lowest BCUT2D eigenvalue weighted by atomic mass is 9.99. The Balaban J connectivity index is 2.17. The van der Waals surface area contributed by atoms with E-state index in [2.05, 4.69) is 47.2 Å². The highest BCUT2D eigenvalue weighted by Gasteiger charge is 2.08. The van der Waals surface area contributed by atoms with Gasteiger partial charge in [-0.1, -0.05) is 61.2 Å². The van der Waals surface area contributed by atoms with E-state index in [9.17, 15) is 4.79 Å². The van der Waals surface area contributed by atoms with Crippen molar-refractivity contribution in [3.8, 4) is 0 Å². The minimum Gasteiger partial charge on any atom is -0.355 e. The van der Waals surface area contributed by atoms with Gasteiger partial charge in [0.25, 0.3) is 0 Å². The van der Waals surface area contributed by atoms with E-state index in [0.717, 1.165) is 23.2 Å². The van der Waals surface area contributed by atoms with Gasteiger partial charge in [-0.15, -0.1) is 11.8 Å². The summed E-state index contributed by atoms with van der Waals surface area (Å²) in [6, 6.07) is 8.25. The molecule has 0 aromatic heterocycles. The molecule has 1 amide bonds. The van der Waals surface area contributed by atoms with Gasteiger partial charge < -0.3 is 5.32 Å². The first kappa shape index (κ1) is 18.6. The van der Waals surface area contributed by atoms with Crippen molar-refractivity contribution in [2.45, 2.75) is 45.3 Å². The maximum atomic E-state index is 11.8. The number of thioether (sulfide) groups is 1. The van der Waals surface area contributed by atoms with E-state index in [1.54, 1.807) is 11.8 Å². The van der Waals surface area contributed by atoms with Gasteiger partial charge in [0.15, 0.2) is 0 Å². The van der Waals surface area contributed by atoms with E-state index in [1.165, 1.54) is 24.8 Å². The number of unbranched alkanes of at least 4 members (excludes halogenated alkanes) is 1. The summed E-state index contributed by atoms with van der Waals surface area (Å²) in [5, 5.41) is 3.07. The number of halogens is 1. The molecule has 0 fully saturated rings. The summed E-state index contributed by atoms with van der Waals surface area (Å²) >= 11 is 5.09. The lowest BCUT2D eigenvalue weighted by Crippen LogP contribution is -2.30. The molecule has 0 unspecified atom stereocenters. The Bertz CT molecular complexity index is 408. The van der Waals surface area contributed by atoms with Crippen LogP contribution in [-0.4, -0.2) is 18.2 Å². The fraction of sp³-hybridized carbons (Fsp3) is 0.588. The second-order valence-corrected chi connectivity index (χ2v) is 7.24. The fourth-order valence-corrected chi connectivity index (χ4v) is 3.18. The number of amides is 1. The van der Waals surface area contributed by atoms with Gasteiger partial charge in [0, 0.05) is 16.8 Å². The zero-order chi connectivity index (χ0) is 15.5. The predicted octanol–water partition coefficient (Wildman–Crippen LogP) is 5.01. The average Bonchev–Trinajstić information content (AvgIpc) is 2.49. The number of carbonyl (C=O) groups is 1. The van der Waals surface area contributed by atoms with Crippen molar-refractivity contribution in [3.05, 3.63) is 34.3 Å². The van der Waals surface area contributed by atoms with E-state index in [1.807, 2.05) is 12.1 Å². The molecule has 118 valence electrons. The Hall–Kier alpha value is -0.480. The first-order chi connectivity index (χ1) is 10.2. The summed E-state index contributed by atoms with van der Waals surface area (Å²) in [5.41, 5.74) is 1.25. The molecule has 0 saturated heterocycles. The van der Waals surface area contributed by atoms with Crippen molar-refractivity contribution < 1.29 is 4.79 Å². The quantitative estimate of drug-likeness (QED) is 0.625. The minimum absolute atomic E-state index is 0.159. The van der Waals surface area contributed by atoms with Crippen LogP contribution in [0.15, 0.2) is 28.7 Å². The topological polar surface area (TPSA) is 29.1 Å². The molecule has 0 aliphatic carbocycles. The van der Waals surface area contributed by atoms with Crippen LogP contribution in [0, 0.1) is 5.92 Å². The molecule has 0 bridgehead atoms. The Morgan fingerprint density at radius 2 is 2.00 bits per heavy atom. The lowest BCUT2D eigenvalue weighted by molar-refractivity contribution is -0.118. The monoisotopic (exact) mass is 371 g/mol. The molecule has 0 spiro atoms. The van der Waals surface area contributed by atoms with Crippen LogP contribution in [0.3, 0.4) is 0 Å². The van der Waals surface area contributed by atoms with Gasteiger partial charge in [0.2, 0.25) is 5.91 Å². The SMILES string of the molecule is CCCC[C@H](CC)CNC(=O)CSCc1ccc(Br)cc1. The van der Waals surface area contributed by atoms with Gasteiger partial charge in [0.05, 0.1) is 5.75 Å². The molecule has 1 atom stereocenters. The number of benzene rings is 1. The van der Waals surface area contributed by atoms with Crippen LogP contribution in [-0.2, 0) is 10.5 Å². The van der Waals surface area contributed by atoms with E-state index in [4.69, 9.17) is 0 Å². The number of nitrogens with one attached hydrogen (secondary N) is 1. The molecule has 4 heteroatoms. The number of hydrogen-bond acceptors (Lipinski definition) is 2. The number of hydrogen-bond donors (Lipinski definition) is 1. The molecule has 0 heterocycles. The van der Waals surface area contributed by atoms with E-state index in [-0.39, 0.29) is 5.91 Å². The van der Waals surface area contributed by atoms with Crippen LogP contribution in [0.2, 0.25) is 0 Å². The van der Waals surface area contributed by atoms with Crippen molar-refractivity contribution >= 4 is 33.6 Å². The minimum atomic E-state index is 0.159. The van der Waals surface area contributed by atoms with Crippen molar-refractivity contribution in [3.63, 3.8) is 0 Å². The molecule has 1 rings (SSSR count). The van der Waals surface area contributed by atoms with Crippen LogP contribution in [0.5, 0.6) is 0 Å². The molecule has 21 heavy (non-hydrogen) atoms. The summed E-state index contributed by atoms with van der Waals surface area (Å²) in [6.07, 6.45) is 4.85. The molecular weight excluding hydrogens is 346 g/mol. The lowest BCUT2D eigenvalue weighted by Gasteiger charge is -2.15. The summed E-state index contributed by atoms with van der Waals surface area (Å²) < 4.78 is 1.09. The molecule has 0 aliphatic heterocycles. The van der Waals surface area contributed by atoms with Gasteiger partial charge in [-0.25, -0.2) is 0 Å². The molecular formula is C17H26BrNOS. The molecule has 1 aromatic carbocycles. The van der Waals surface area contributed by atoms with Crippen molar-refractivity contribution in [1.29, 1.82) is 0 Å². The van der Waals surface area contributed by atoms with Gasteiger partial charge in [-0.2, -0.15) is 0 Å². The van der Waals surface area contributed by atoms with Crippen LogP contribution < -0.4 is 5.32 Å². The van der Waals surface area contributed by atoms with E-state index >= 15 is 0 Å². The Labute approximate surface area is 141 Å². The number of carbonyl (C=O) groups excluding carboxylic acids is 1. The van der Waals surface area contributed by atoms with E-state index in [0.29, 0.717) is 11.7 Å². The Kier molecular flexibility index (Phi) is 9.85. The maximum Gasteiger partial charge on any atom is 0.230 e. The summed E-state index contributed by atoms with van der Waals surface area (Å²) in [4.78, 5) is 11.8. The fourth-order valence-electron chi connectivity index (χ4n) is 2.09. The summed E-state index contributed by atoms with van der Waals surface area (Å²) in [7, 11) is 0. The molecule has 2 nitrogen and oxygen atoms in total. The zero-order valence-electron chi connectivity index (χ0n) is 13.0. The first-order valence-electron chi connectivity index (χ1n) is 7.74. The van der Waals surface area contributed by atoms with Gasteiger partial charge >= 0.3 is 0 Å². The van der Waals surface area contributed by atoms with Crippen LogP contribution in [0.25, 0.3) is 0 Å². The third kappa shape index (κ3) is 8.52. The summed E-state index contributed by atoms with van der Waals surface area (Å²) in [5.74, 6) is 2.21. The molecule has 1 N–H and O–H groups in total. The normalized spacial score (nSPS) is 12.1. The molecule has 0 saturated carbocycles. The third-order valence-corrected chi connectivity index (χ3v) is 5.08. The van der Waals surface area contributed by atoms with E-state index < -0.39 is 0 Å². The van der Waals surface area contributed by atoms with Gasteiger partial charge in [0.1, 0.15) is 0 Å². The highest BCUT2D eigenvalue weighted by atomic mass is 79.9. The predicted molar refractivity (Wildman–Crippen MR) is 96.6 cm³/mol. The smallest absolute Gasteiger partial charge is 0.230 e. The third-order valence-electron chi connectivity index (χ3n) is 3.55. The largest absolute Gasteiger partial charge is 0.355 e. The van der Waals surface area contributed by atoms with Crippen molar-refractivity contribution in [1.82, 2.24) is 5.32 Å². The van der Waals surface area contributed by atoms with Crippen LogP contribution in [0.1, 0.15) is 45.1 Å². The van der Waals surface area contributed by atoms with Crippen LogP contribution in [0.4, 0.5) is 0 Å². The van der Waals surface area contributed by atoms with Crippen molar-refractivity contribution in [2.24, 2.45) is 5.92 Å². The second kappa shape index (κ2) is 11.1. The van der Waals surface area contributed by atoms with Crippen molar-refractivity contribution in [2.75, 3.05) is 12.3 Å². The van der Waals surface area contributed by atoms with Gasteiger partial charge in [-0.3, -0.25) is 4.79 Å². The zero-order valence-corrected chi connectivity index (χ0v) is 15.4. The van der Waals surface area contributed by atoms with Gasteiger partial charge in [-0.05, 0) is 30.0 Å². The molecule has 1 aromatic rings. The highest BCUT2D eigenvalue weighted by molar-refractivity contribution is 9.10. The second-order valence-electron chi connectivity index (χ2n) is 5.34. The molecule has 0 radical (unpaired) electrons. The average molecular weight is 372 g/mol. The number of rotatable bonds is 10. The standard InChI is InChI=1S/C17H26BrNOS/c1-3-5-6-14(4-2)11-19-17(20)13-21-12-15-7-9-16(18)10-8-15/h7-10,14H,3-6,11-13H2,1-2H3,(H,19,20)/t14-/m0/s1. The molecule has 0 aliphatic rings. The summed E-state index contributed by atoms with van der Waals surface area (Å²) in [6.45, 7) is 5.24. The Morgan fingerprint density at radius 1 is 1.29 bits per heavy atom. The highest BCUT2D eigenvalue weighted by Crippen LogP contribution is 2.16. The maximum absolute atomic E-state index is 11.8.